The Morgan fingerprint density at radius 3 is 2.37 bits per heavy atom. The average molecular weight is 609 g/mol. The molecule has 4 aromatic rings. The number of halogens is 1. The molecule has 5 rings (SSSR count). The van der Waals surface area contributed by atoms with Crippen molar-refractivity contribution in [1.29, 1.82) is 0 Å². The molecule has 1 aliphatic heterocycles. The van der Waals surface area contributed by atoms with Crippen molar-refractivity contribution in [1.82, 2.24) is 14.1 Å². The fraction of sp³-hybridized carbons (Fsp3) is 0.233. The summed E-state index contributed by atoms with van der Waals surface area (Å²) in [4.78, 5) is 24.6. The van der Waals surface area contributed by atoms with Crippen molar-refractivity contribution in [2.45, 2.75) is 25.7 Å². The third-order valence-electron chi connectivity index (χ3n) is 7.18. The molecule has 1 amide bonds. The van der Waals surface area contributed by atoms with Gasteiger partial charge in [-0.25, -0.2) is 17.6 Å². The smallest absolute Gasteiger partial charge is 0.356 e. The van der Waals surface area contributed by atoms with Gasteiger partial charge in [0, 0.05) is 29.9 Å². The minimum absolute atomic E-state index is 0.0209. The number of carbonyl (C=O) groups excluding carboxylic acids is 1. The van der Waals surface area contributed by atoms with E-state index >= 15 is 0 Å². The van der Waals surface area contributed by atoms with Gasteiger partial charge in [-0.2, -0.15) is 14.1 Å². The highest BCUT2D eigenvalue weighted by molar-refractivity contribution is 7.89. The molecule has 1 saturated heterocycles. The predicted octanol–water partition coefficient (Wildman–Crippen LogP) is 4.70. The number of anilines is 1. The number of carbonyl (C=O) groups is 2. The van der Waals surface area contributed by atoms with E-state index in [4.69, 9.17) is 9.47 Å². The minimum Gasteiger partial charge on any atom is -0.476 e. The average Bonchev–Trinajstić information content (AvgIpc) is 3.31. The van der Waals surface area contributed by atoms with Crippen LogP contribution in [0.5, 0.6) is 11.6 Å². The third-order valence-corrected chi connectivity index (χ3v) is 9.10. The Hall–Kier alpha value is -4.59. The van der Waals surface area contributed by atoms with Crippen LogP contribution in [0.15, 0.2) is 65.6 Å². The molecule has 0 unspecified atom stereocenters. The molecule has 0 aliphatic carbocycles. The van der Waals surface area contributed by atoms with Crippen LogP contribution in [-0.4, -0.2) is 65.8 Å². The van der Waals surface area contributed by atoms with Crippen LogP contribution in [0.2, 0.25) is 0 Å². The Kier molecular flexibility index (Phi) is 8.31. The number of benzene rings is 3. The number of hydrogen-bond acceptors (Lipinski definition) is 7. The first-order valence-electron chi connectivity index (χ1n) is 13.3. The van der Waals surface area contributed by atoms with Crippen LogP contribution in [0.4, 0.5) is 10.1 Å². The van der Waals surface area contributed by atoms with Gasteiger partial charge >= 0.3 is 5.97 Å². The number of carboxylic acids is 1. The molecule has 2 heterocycles. The summed E-state index contributed by atoms with van der Waals surface area (Å²) in [6.07, 6.45) is 0. The zero-order valence-corrected chi connectivity index (χ0v) is 24.4. The van der Waals surface area contributed by atoms with Crippen LogP contribution in [0.25, 0.3) is 5.69 Å². The standard InChI is InChI=1S/C30H29FN4O7S/c1-18-5-4-6-24(19(18)2)35-29(20(3)27(33-35)30(37)38)42-25-12-11-23(32-28(36)21-7-9-22(31)10-8-21)17-26(25)43(39,40)34-13-15-41-16-14-34/h4-12,17H,13-16H2,1-3H3,(H,32,36)(H,37,38). The number of hydrogen-bond donors (Lipinski definition) is 2. The van der Waals surface area contributed by atoms with E-state index in [1.807, 2.05) is 19.9 Å². The Bertz CT molecular complexity index is 1810. The number of amides is 1. The summed E-state index contributed by atoms with van der Waals surface area (Å²) in [5.41, 5.74) is 2.59. The monoisotopic (exact) mass is 608 g/mol. The van der Waals surface area contributed by atoms with E-state index in [1.165, 1.54) is 46.2 Å². The first-order valence-corrected chi connectivity index (χ1v) is 14.8. The Morgan fingerprint density at radius 2 is 1.70 bits per heavy atom. The molecule has 0 radical (unpaired) electrons. The molecule has 43 heavy (non-hydrogen) atoms. The molecule has 1 aliphatic rings. The molecule has 0 atom stereocenters. The van der Waals surface area contributed by atoms with Gasteiger partial charge in [-0.3, -0.25) is 4.79 Å². The van der Waals surface area contributed by atoms with Crippen molar-refractivity contribution in [3.05, 3.63) is 94.4 Å². The number of rotatable bonds is 8. The van der Waals surface area contributed by atoms with E-state index in [0.717, 1.165) is 23.3 Å². The molecule has 1 fully saturated rings. The Morgan fingerprint density at radius 1 is 1.00 bits per heavy atom. The van der Waals surface area contributed by atoms with Crippen molar-refractivity contribution >= 4 is 27.6 Å². The summed E-state index contributed by atoms with van der Waals surface area (Å²) in [5.74, 6) is -2.42. The van der Waals surface area contributed by atoms with Gasteiger partial charge in [-0.1, -0.05) is 12.1 Å². The highest BCUT2D eigenvalue weighted by Gasteiger charge is 2.32. The van der Waals surface area contributed by atoms with Crippen molar-refractivity contribution in [2.75, 3.05) is 31.6 Å². The highest BCUT2D eigenvalue weighted by atomic mass is 32.2. The SMILES string of the molecule is Cc1cccc(-n2nc(C(=O)O)c(C)c2Oc2ccc(NC(=O)c3ccc(F)cc3)cc2S(=O)(=O)N2CCOCC2)c1C. The summed E-state index contributed by atoms with van der Waals surface area (Å²) in [5, 5.41) is 16.8. The summed E-state index contributed by atoms with van der Waals surface area (Å²) < 4.78 is 55.3. The lowest BCUT2D eigenvalue weighted by molar-refractivity contribution is 0.0689. The van der Waals surface area contributed by atoms with E-state index in [9.17, 15) is 27.5 Å². The zero-order valence-electron chi connectivity index (χ0n) is 23.6. The molecule has 13 heteroatoms. The van der Waals surface area contributed by atoms with Gasteiger partial charge in [0.2, 0.25) is 15.9 Å². The molecule has 0 spiro atoms. The first-order chi connectivity index (χ1) is 20.5. The lowest BCUT2D eigenvalue weighted by atomic mass is 10.1. The number of nitrogens with one attached hydrogen (secondary N) is 1. The van der Waals surface area contributed by atoms with Gasteiger partial charge in [0.25, 0.3) is 5.91 Å². The predicted molar refractivity (Wildman–Crippen MR) is 155 cm³/mol. The van der Waals surface area contributed by atoms with Crippen LogP contribution in [0.1, 0.15) is 37.5 Å². The molecule has 11 nitrogen and oxygen atoms in total. The second-order valence-electron chi connectivity index (χ2n) is 9.96. The molecule has 224 valence electrons. The molecule has 1 aromatic heterocycles. The van der Waals surface area contributed by atoms with Crippen LogP contribution in [0.3, 0.4) is 0 Å². The number of carboxylic acid groups (broad SMARTS) is 1. The number of sulfonamides is 1. The van der Waals surface area contributed by atoms with Gasteiger partial charge in [0.1, 0.15) is 16.5 Å². The van der Waals surface area contributed by atoms with Gasteiger partial charge < -0.3 is 19.9 Å². The van der Waals surface area contributed by atoms with Crippen molar-refractivity contribution in [2.24, 2.45) is 0 Å². The highest BCUT2D eigenvalue weighted by Crippen LogP contribution is 2.37. The quantitative estimate of drug-likeness (QED) is 0.293. The molecule has 3 aromatic carbocycles. The number of aromatic carboxylic acids is 1. The van der Waals surface area contributed by atoms with Crippen molar-refractivity contribution in [3.8, 4) is 17.3 Å². The maximum absolute atomic E-state index is 13.9. The summed E-state index contributed by atoms with van der Waals surface area (Å²) in [6.45, 7) is 5.92. The largest absolute Gasteiger partial charge is 0.476 e. The van der Waals surface area contributed by atoms with Crippen molar-refractivity contribution < 1.29 is 37.0 Å². The molecule has 0 saturated carbocycles. The van der Waals surface area contributed by atoms with E-state index < -0.39 is 27.7 Å². The third kappa shape index (κ3) is 6.00. The number of ether oxygens (including phenoxy) is 2. The number of nitrogens with zero attached hydrogens (tertiary/aromatic N) is 3. The van der Waals surface area contributed by atoms with Crippen LogP contribution in [-0.2, 0) is 14.8 Å². The lowest BCUT2D eigenvalue weighted by Crippen LogP contribution is -2.40. The summed E-state index contributed by atoms with van der Waals surface area (Å²) in [7, 11) is -4.17. The number of morpholine rings is 1. The second-order valence-corrected chi connectivity index (χ2v) is 11.9. The molecule has 2 N–H and O–H groups in total. The number of aryl methyl sites for hydroxylation is 1. The fourth-order valence-electron chi connectivity index (χ4n) is 4.64. The maximum atomic E-state index is 13.9. The first kappa shape index (κ1) is 29.9. The second kappa shape index (κ2) is 12.0. The van der Waals surface area contributed by atoms with Gasteiger partial charge in [-0.15, -0.1) is 0 Å². The Balaban J connectivity index is 1.61. The molecular formula is C30H29FN4O7S. The van der Waals surface area contributed by atoms with Crippen molar-refractivity contribution in [3.63, 3.8) is 0 Å². The summed E-state index contributed by atoms with van der Waals surface area (Å²) >= 11 is 0. The topological polar surface area (TPSA) is 140 Å². The maximum Gasteiger partial charge on any atom is 0.356 e. The van der Waals surface area contributed by atoms with Crippen LogP contribution < -0.4 is 10.1 Å². The van der Waals surface area contributed by atoms with E-state index in [2.05, 4.69) is 10.4 Å². The van der Waals surface area contributed by atoms with Gasteiger partial charge in [0.15, 0.2) is 5.69 Å². The van der Waals surface area contributed by atoms with E-state index in [-0.39, 0.29) is 65.3 Å². The van der Waals surface area contributed by atoms with Crippen LogP contribution >= 0.6 is 0 Å². The van der Waals surface area contributed by atoms with Gasteiger partial charge in [-0.05, 0) is 80.4 Å². The van der Waals surface area contributed by atoms with Crippen LogP contribution in [0, 0.1) is 26.6 Å². The fourth-order valence-corrected chi connectivity index (χ4v) is 6.19. The Labute approximate surface area is 247 Å². The summed E-state index contributed by atoms with van der Waals surface area (Å²) in [6, 6.07) is 14.5. The number of aromatic nitrogens is 2. The molecular weight excluding hydrogens is 579 g/mol. The normalized spacial score (nSPS) is 14.0. The van der Waals surface area contributed by atoms with Gasteiger partial charge in [0.05, 0.1) is 18.9 Å². The molecule has 0 bridgehead atoms. The zero-order chi connectivity index (χ0) is 30.9. The van der Waals surface area contributed by atoms with E-state index in [1.54, 1.807) is 12.1 Å². The lowest BCUT2D eigenvalue weighted by Gasteiger charge is -2.27. The minimum atomic E-state index is -4.17. The van der Waals surface area contributed by atoms with E-state index in [0.29, 0.717) is 5.69 Å².